The van der Waals surface area contributed by atoms with Gasteiger partial charge in [-0.2, -0.15) is 0 Å². The standard InChI is InChI=1S/C29H28P/c1-2-3-14-25-15-13-16-26(23-25)24-30(27-17-7-4-8-18-27,28-19-9-5-10-20-28)29-21-11-6-12-22-29/h2,4-13,15-23H,1,3,14,24H2/q+1. The highest BCUT2D eigenvalue weighted by Crippen LogP contribution is 2.58. The van der Waals surface area contributed by atoms with E-state index in [2.05, 4.69) is 122 Å². The fourth-order valence-electron chi connectivity index (χ4n) is 4.19. The van der Waals surface area contributed by atoms with Gasteiger partial charge in [0, 0.05) is 0 Å². The van der Waals surface area contributed by atoms with Gasteiger partial charge in [0.15, 0.2) is 0 Å². The molecule has 0 saturated carbocycles. The summed E-state index contributed by atoms with van der Waals surface area (Å²) in [7, 11) is -1.84. The molecule has 0 aliphatic heterocycles. The molecule has 0 saturated heterocycles. The van der Waals surface area contributed by atoms with E-state index >= 15 is 0 Å². The van der Waals surface area contributed by atoms with Crippen molar-refractivity contribution in [2.45, 2.75) is 19.0 Å². The fourth-order valence-corrected chi connectivity index (χ4v) is 8.42. The molecule has 4 aromatic rings. The Hall–Kier alpha value is -2.95. The molecule has 4 aromatic carbocycles. The third kappa shape index (κ3) is 4.30. The van der Waals surface area contributed by atoms with Gasteiger partial charge in [-0.15, -0.1) is 6.58 Å². The molecular weight excluding hydrogens is 379 g/mol. The van der Waals surface area contributed by atoms with Crippen LogP contribution in [-0.2, 0) is 12.6 Å². The predicted octanol–water partition coefficient (Wildman–Crippen LogP) is 6.30. The zero-order valence-corrected chi connectivity index (χ0v) is 18.2. The first-order valence-corrected chi connectivity index (χ1v) is 12.5. The maximum atomic E-state index is 3.88. The highest BCUT2D eigenvalue weighted by molar-refractivity contribution is 7.95. The summed E-state index contributed by atoms with van der Waals surface area (Å²) in [6.07, 6.45) is 5.08. The summed E-state index contributed by atoms with van der Waals surface area (Å²) in [5.41, 5.74) is 2.79. The second-order valence-corrected chi connectivity index (χ2v) is 11.1. The molecule has 4 rings (SSSR count). The lowest BCUT2D eigenvalue weighted by Crippen LogP contribution is -2.32. The molecule has 0 fully saturated rings. The summed E-state index contributed by atoms with van der Waals surface area (Å²) in [6, 6.07) is 42.4. The highest BCUT2D eigenvalue weighted by atomic mass is 31.2. The topological polar surface area (TPSA) is 0 Å². The molecule has 0 N–H and O–H groups in total. The van der Waals surface area contributed by atoms with E-state index in [1.54, 1.807) is 0 Å². The largest absolute Gasteiger partial charge is 0.116 e. The summed E-state index contributed by atoms with van der Waals surface area (Å²) in [4.78, 5) is 0. The Kier molecular flexibility index (Phi) is 6.57. The van der Waals surface area contributed by atoms with Crippen LogP contribution in [0.1, 0.15) is 17.5 Å². The molecule has 0 aromatic heterocycles. The average molecular weight is 408 g/mol. The number of allylic oxidation sites excluding steroid dienone is 1. The smallest absolute Gasteiger partial charge is 0.103 e. The Balaban J connectivity index is 1.90. The minimum absolute atomic E-state index is 1.01. The summed E-state index contributed by atoms with van der Waals surface area (Å²) < 4.78 is 0. The van der Waals surface area contributed by atoms with E-state index in [1.165, 1.54) is 27.0 Å². The van der Waals surface area contributed by atoms with Gasteiger partial charge < -0.3 is 0 Å². The fraction of sp³-hybridized carbons (Fsp3) is 0.103. The van der Waals surface area contributed by atoms with Gasteiger partial charge in [-0.1, -0.05) is 84.9 Å². The van der Waals surface area contributed by atoms with E-state index in [-0.39, 0.29) is 0 Å². The normalized spacial score (nSPS) is 11.2. The number of benzene rings is 4. The van der Waals surface area contributed by atoms with Gasteiger partial charge in [0.1, 0.15) is 23.2 Å². The van der Waals surface area contributed by atoms with Crippen LogP contribution in [0.2, 0.25) is 0 Å². The summed E-state index contributed by atoms with van der Waals surface area (Å²) in [6.45, 7) is 3.88. The van der Waals surface area contributed by atoms with Gasteiger partial charge in [0.05, 0.1) is 6.16 Å². The van der Waals surface area contributed by atoms with E-state index < -0.39 is 7.26 Å². The molecular formula is C29H28P+. The van der Waals surface area contributed by atoms with E-state index in [9.17, 15) is 0 Å². The molecule has 148 valence electrons. The van der Waals surface area contributed by atoms with E-state index in [4.69, 9.17) is 0 Å². The zero-order chi connectivity index (χ0) is 20.7. The van der Waals surface area contributed by atoms with Crippen molar-refractivity contribution >= 4 is 23.2 Å². The van der Waals surface area contributed by atoms with Crippen molar-refractivity contribution in [2.24, 2.45) is 0 Å². The van der Waals surface area contributed by atoms with Crippen LogP contribution in [0.5, 0.6) is 0 Å². The first-order valence-electron chi connectivity index (χ1n) is 10.6. The molecule has 0 radical (unpaired) electrons. The Bertz CT molecular complexity index is 972. The van der Waals surface area contributed by atoms with Crippen molar-refractivity contribution in [1.29, 1.82) is 0 Å². The van der Waals surface area contributed by atoms with Crippen molar-refractivity contribution in [3.8, 4) is 0 Å². The van der Waals surface area contributed by atoms with Gasteiger partial charge in [-0.3, -0.25) is 0 Å². The lowest BCUT2D eigenvalue weighted by Gasteiger charge is -2.28. The van der Waals surface area contributed by atoms with Crippen LogP contribution in [0.4, 0.5) is 0 Å². The van der Waals surface area contributed by atoms with Crippen LogP contribution in [0.25, 0.3) is 0 Å². The molecule has 0 heterocycles. The SMILES string of the molecule is C=CCCc1cccc(C[P+](c2ccccc2)(c2ccccc2)c2ccccc2)c1. The maximum Gasteiger partial charge on any atom is 0.116 e. The monoisotopic (exact) mass is 407 g/mol. The Labute approximate surface area is 181 Å². The quantitative estimate of drug-likeness (QED) is 0.238. The second-order valence-electron chi connectivity index (χ2n) is 7.62. The Morgan fingerprint density at radius 2 is 1.03 bits per heavy atom. The average Bonchev–Trinajstić information content (AvgIpc) is 2.83. The minimum Gasteiger partial charge on any atom is -0.103 e. The first-order chi connectivity index (χ1) is 14.8. The third-order valence-electron chi connectivity index (χ3n) is 5.64. The molecule has 0 nitrogen and oxygen atoms in total. The number of aryl methyl sites for hydroxylation is 1. The number of hydrogen-bond acceptors (Lipinski definition) is 0. The Morgan fingerprint density at radius 1 is 0.567 bits per heavy atom. The van der Waals surface area contributed by atoms with Gasteiger partial charge >= 0.3 is 0 Å². The zero-order valence-electron chi connectivity index (χ0n) is 17.3. The minimum atomic E-state index is -1.84. The van der Waals surface area contributed by atoms with E-state index in [0.717, 1.165) is 19.0 Å². The second kappa shape index (κ2) is 9.70. The number of hydrogen-bond donors (Lipinski definition) is 0. The molecule has 0 unspecified atom stereocenters. The molecule has 0 atom stereocenters. The predicted molar refractivity (Wildman–Crippen MR) is 134 cm³/mol. The van der Waals surface area contributed by atoms with Crippen molar-refractivity contribution in [1.82, 2.24) is 0 Å². The van der Waals surface area contributed by atoms with Crippen LogP contribution in [-0.4, -0.2) is 0 Å². The van der Waals surface area contributed by atoms with Crippen LogP contribution in [0.15, 0.2) is 128 Å². The van der Waals surface area contributed by atoms with E-state index in [1.807, 2.05) is 6.08 Å². The first kappa shape index (κ1) is 20.3. The molecule has 0 amide bonds. The lowest BCUT2D eigenvalue weighted by atomic mass is 10.1. The van der Waals surface area contributed by atoms with Crippen LogP contribution in [0, 0.1) is 0 Å². The van der Waals surface area contributed by atoms with Crippen LogP contribution in [0.3, 0.4) is 0 Å². The number of rotatable bonds is 8. The molecule has 0 aliphatic rings. The summed E-state index contributed by atoms with van der Waals surface area (Å²) in [5.74, 6) is 0. The van der Waals surface area contributed by atoms with E-state index in [0.29, 0.717) is 0 Å². The van der Waals surface area contributed by atoms with Crippen LogP contribution >= 0.6 is 7.26 Å². The van der Waals surface area contributed by atoms with Crippen molar-refractivity contribution in [3.05, 3.63) is 139 Å². The van der Waals surface area contributed by atoms with Gasteiger partial charge in [-0.05, 0) is 60.4 Å². The molecule has 0 bridgehead atoms. The van der Waals surface area contributed by atoms with Crippen molar-refractivity contribution < 1.29 is 0 Å². The summed E-state index contributed by atoms with van der Waals surface area (Å²) >= 11 is 0. The molecule has 0 aliphatic carbocycles. The van der Waals surface area contributed by atoms with Crippen molar-refractivity contribution in [3.63, 3.8) is 0 Å². The lowest BCUT2D eigenvalue weighted by molar-refractivity contribution is 1.00. The molecule has 0 spiro atoms. The molecule has 1 heteroatoms. The Morgan fingerprint density at radius 3 is 1.50 bits per heavy atom. The highest BCUT2D eigenvalue weighted by Gasteiger charge is 2.45. The van der Waals surface area contributed by atoms with Gasteiger partial charge in [0.25, 0.3) is 0 Å². The van der Waals surface area contributed by atoms with Gasteiger partial charge in [0.2, 0.25) is 0 Å². The van der Waals surface area contributed by atoms with Crippen LogP contribution < -0.4 is 15.9 Å². The third-order valence-corrected chi connectivity index (χ3v) is 10.0. The maximum absolute atomic E-state index is 3.88. The molecule has 30 heavy (non-hydrogen) atoms. The summed E-state index contributed by atoms with van der Waals surface area (Å²) in [5, 5.41) is 4.29. The van der Waals surface area contributed by atoms with Gasteiger partial charge in [-0.25, -0.2) is 0 Å². The van der Waals surface area contributed by atoms with Crippen molar-refractivity contribution in [2.75, 3.05) is 0 Å².